The zero-order valence-electron chi connectivity index (χ0n) is 22.1. The van der Waals surface area contributed by atoms with E-state index in [9.17, 15) is 26.2 Å². The Labute approximate surface area is 221 Å². The second-order valence-electron chi connectivity index (χ2n) is 12.4. The van der Waals surface area contributed by atoms with Crippen LogP contribution in [0.1, 0.15) is 78.6 Å². The number of nitrogens with zero attached hydrogens (tertiary/aromatic N) is 1. The Bertz CT molecular complexity index is 1170. The third-order valence-electron chi connectivity index (χ3n) is 9.95. The fraction of sp³-hybridized carbons (Fsp3) is 0.808. The molecule has 9 nitrogen and oxygen atoms in total. The fourth-order valence-electron chi connectivity index (χ4n) is 8.39. The lowest BCUT2D eigenvalue weighted by Crippen LogP contribution is -2.54. The molecule has 0 spiro atoms. The van der Waals surface area contributed by atoms with Crippen LogP contribution in [0.5, 0.6) is 0 Å². The van der Waals surface area contributed by atoms with E-state index in [0.717, 1.165) is 24.8 Å². The van der Waals surface area contributed by atoms with Gasteiger partial charge in [0.05, 0.1) is 5.75 Å². The molecule has 0 aromatic carbocycles. The molecular formula is C26H41NO8S2. The van der Waals surface area contributed by atoms with Gasteiger partial charge in [-0.1, -0.05) is 33.3 Å². The van der Waals surface area contributed by atoms with E-state index in [-0.39, 0.29) is 23.8 Å². The van der Waals surface area contributed by atoms with Crippen molar-refractivity contribution in [3.05, 3.63) is 23.5 Å². The van der Waals surface area contributed by atoms with Crippen molar-refractivity contribution in [2.24, 2.45) is 34.5 Å². The molecule has 0 unspecified atom stereocenters. The van der Waals surface area contributed by atoms with E-state index in [0.29, 0.717) is 54.5 Å². The van der Waals surface area contributed by atoms with Crippen molar-refractivity contribution in [2.45, 2.75) is 78.6 Å². The minimum atomic E-state index is -4.61. The van der Waals surface area contributed by atoms with Crippen molar-refractivity contribution in [3.63, 3.8) is 0 Å². The second kappa shape index (κ2) is 10.3. The van der Waals surface area contributed by atoms with E-state index < -0.39 is 26.3 Å². The van der Waals surface area contributed by atoms with Crippen molar-refractivity contribution in [1.29, 1.82) is 0 Å². The highest BCUT2D eigenvalue weighted by molar-refractivity contribution is 7.85. The van der Waals surface area contributed by atoms with Gasteiger partial charge >= 0.3 is 10.4 Å². The SMILES string of the molecule is CC1(C)CCC[C@]2(C)[C@H]3CC/C(=C/OS(=O)(=O)O)[C@H](CCC4=CCN(CCS(=O)(=O)O)C4=O)[C@@H]3CC[C@@H]12. The van der Waals surface area contributed by atoms with Crippen molar-refractivity contribution in [2.75, 3.05) is 18.8 Å². The first kappa shape index (κ1) is 28.6. The van der Waals surface area contributed by atoms with Crippen LogP contribution in [0.4, 0.5) is 0 Å². The van der Waals surface area contributed by atoms with Gasteiger partial charge < -0.3 is 9.08 Å². The van der Waals surface area contributed by atoms with Crippen molar-refractivity contribution in [3.8, 4) is 0 Å². The third-order valence-corrected chi connectivity index (χ3v) is 11.0. The molecule has 210 valence electrons. The fourth-order valence-corrected chi connectivity index (χ4v) is 9.08. The Balaban J connectivity index is 1.53. The highest BCUT2D eigenvalue weighted by atomic mass is 32.3. The molecule has 4 rings (SSSR count). The summed E-state index contributed by atoms with van der Waals surface area (Å²) in [7, 11) is -8.76. The highest BCUT2D eigenvalue weighted by Gasteiger charge is 2.56. The Kier molecular flexibility index (Phi) is 7.94. The van der Waals surface area contributed by atoms with Crippen molar-refractivity contribution < 1.29 is 34.9 Å². The summed E-state index contributed by atoms with van der Waals surface area (Å²) in [4.78, 5) is 14.3. The van der Waals surface area contributed by atoms with Crippen LogP contribution in [-0.4, -0.2) is 55.6 Å². The quantitative estimate of drug-likeness (QED) is 0.330. The van der Waals surface area contributed by atoms with Crippen molar-refractivity contribution >= 4 is 26.4 Å². The van der Waals surface area contributed by atoms with Gasteiger partial charge in [0, 0.05) is 18.7 Å². The van der Waals surface area contributed by atoms with Gasteiger partial charge in [0.1, 0.15) is 6.26 Å². The third kappa shape index (κ3) is 6.25. The average Bonchev–Trinajstić information content (AvgIpc) is 3.12. The summed E-state index contributed by atoms with van der Waals surface area (Å²) < 4.78 is 67.8. The number of carbonyl (C=O) groups is 1. The molecule has 3 saturated carbocycles. The van der Waals surface area contributed by atoms with Crippen molar-refractivity contribution in [1.82, 2.24) is 4.90 Å². The number of hydrogen-bond acceptors (Lipinski definition) is 6. The number of fused-ring (bicyclic) bond motifs is 3. The Hall–Kier alpha value is -1.43. The summed E-state index contributed by atoms with van der Waals surface area (Å²) in [6.07, 6.45) is 11.6. The number of hydrogen-bond donors (Lipinski definition) is 2. The Morgan fingerprint density at radius 3 is 2.51 bits per heavy atom. The van der Waals surface area contributed by atoms with Gasteiger partial charge in [-0.05, 0) is 91.4 Å². The maximum absolute atomic E-state index is 12.9. The van der Waals surface area contributed by atoms with Gasteiger partial charge in [0.25, 0.3) is 10.1 Å². The van der Waals surface area contributed by atoms with E-state index >= 15 is 0 Å². The van der Waals surface area contributed by atoms with E-state index in [4.69, 9.17) is 8.74 Å². The zero-order chi connectivity index (χ0) is 27.2. The Morgan fingerprint density at radius 1 is 1.11 bits per heavy atom. The molecule has 2 N–H and O–H groups in total. The smallest absolute Gasteiger partial charge is 0.370 e. The molecule has 3 fully saturated rings. The highest BCUT2D eigenvalue weighted by Crippen LogP contribution is 2.65. The van der Waals surface area contributed by atoms with Crippen LogP contribution in [0.25, 0.3) is 0 Å². The van der Waals surface area contributed by atoms with E-state index in [1.54, 1.807) is 0 Å². The van der Waals surface area contributed by atoms with Crippen LogP contribution in [-0.2, 0) is 29.5 Å². The molecule has 0 bridgehead atoms. The lowest BCUT2D eigenvalue weighted by Gasteiger charge is -2.62. The largest absolute Gasteiger partial charge is 0.445 e. The Morgan fingerprint density at radius 2 is 1.84 bits per heavy atom. The molecule has 4 aliphatic rings. The number of allylic oxidation sites excluding steroid dienone is 1. The molecule has 5 atom stereocenters. The molecule has 0 aromatic rings. The molecule has 1 amide bonds. The molecule has 1 aliphatic heterocycles. The first-order chi connectivity index (χ1) is 17.1. The second-order valence-corrected chi connectivity index (χ2v) is 15.0. The van der Waals surface area contributed by atoms with Gasteiger partial charge in [-0.25, -0.2) is 0 Å². The topological polar surface area (TPSA) is 138 Å². The molecule has 0 aromatic heterocycles. The maximum Gasteiger partial charge on any atom is 0.445 e. The number of rotatable bonds is 8. The first-order valence-corrected chi connectivity index (χ1v) is 16.4. The number of carbonyl (C=O) groups excluding carboxylic acids is 1. The van der Waals surface area contributed by atoms with Crippen LogP contribution < -0.4 is 0 Å². The summed E-state index contributed by atoms with van der Waals surface area (Å²) in [6, 6.07) is 0. The lowest BCUT2D eigenvalue weighted by molar-refractivity contribution is -0.125. The van der Waals surface area contributed by atoms with Crippen LogP contribution in [0, 0.1) is 34.5 Å². The summed E-state index contributed by atoms with van der Waals surface area (Å²) in [6.45, 7) is 7.49. The standard InChI is InChI=1S/C26H41NO8S2/c1-25(2)12-4-13-26(3)22-9-6-19(17-35-37(32,33)34)20(21(22)8-10-23(25)26)7-5-18-11-14-27(24(18)28)15-16-36(29,30)31/h11,17,20-23H,4-10,12-16H2,1-3H3,(H,29,30,31)(H,32,33,34)/b19-17-/t20-,21-,22-,23-,26+/m0/s1. The summed E-state index contributed by atoms with van der Waals surface area (Å²) >= 11 is 0. The van der Waals surface area contributed by atoms with Gasteiger partial charge in [-0.2, -0.15) is 16.8 Å². The normalized spacial score (nSPS) is 35.2. The molecule has 0 saturated heterocycles. The number of amides is 1. The lowest BCUT2D eigenvalue weighted by atomic mass is 9.43. The van der Waals surface area contributed by atoms with Crippen LogP contribution >= 0.6 is 0 Å². The van der Waals surface area contributed by atoms with Crippen LogP contribution in [0.3, 0.4) is 0 Å². The first-order valence-electron chi connectivity index (χ1n) is 13.4. The van der Waals surface area contributed by atoms with Crippen LogP contribution in [0.2, 0.25) is 0 Å². The molecule has 37 heavy (non-hydrogen) atoms. The van der Waals surface area contributed by atoms with Gasteiger partial charge in [-0.3, -0.25) is 13.9 Å². The van der Waals surface area contributed by atoms with Gasteiger partial charge in [0.2, 0.25) is 5.91 Å². The van der Waals surface area contributed by atoms with Crippen LogP contribution in [0.15, 0.2) is 23.5 Å². The minimum Gasteiger partial charge on any atom is -0.370 e. The molecule has 3 aliphatic carbocycles. The minimum absolute atomic E-state index is 0.0314. The molecule has 11 heteroatoms. The van der Waals surface area contributed by atoms with Gasteiger partial charge in [0.15, 0.2) is 0 Å². The summed E-state index contributed by atoms with van der Waals surface area (Å²) in [5, 5.41) is 0. The molecular weight excluding hydrogens is 518 g/mol. The predicted octanol–water partition coefficient (Wildman–Crippen LogP) is 4.40. The van der Waals surface area contributed by atoms with E-state index in [2.05, 4.69) is 20.8 Å². The predicted molar refractivity (Wildman–Crippen MR) is 139 cm³/mol. The maximum atomic E-state index is 12.9. The van der Waals surface area contributed by atoms with E-state index in [1.165, 1.54) is 30.4 Å². The average molecular weight is 560 g/mol. The van der Waals surface area contributed by atoms with E-state index in [1.807, 2.05) is 6.08 Å². The molecule has 1 heterocycles. The molecule has 0 radical (unpaired) electrons. The monoisotopic (exact) mass is 559 g/mol. The summed E-state index contributed by atoms with van der Waals surface area (Å²) in [5.74, 6) is 0.795. The summed E-state index contributed by atoms with van der Waals surface area (Å²) in [5.41, 5.74) is 1.99. The van der Waals surface area contributed by atoms with Gasteiger partial charge in [-0.15, -0.1) is 0 Å². The zero-order valence-corrected chi connectivity index (χ0v) is 23.7.